The SMILES string of the molecule is Cc1ccc(S(=O)(=O)Oc2ccc3c(C)c(C)c(=O)oc3c2)cc1. The van der Waals surface area contributed by atoms with Crippen LogP contribution in [-0.4, -0.2) is 8.42 Å². The van der Waals surface area contributed by atoms with E-state index in [1.165, 1.54) is 18.2 Å². The monoisotopic (exact) mass is 344 g/mol. The molecule has 2 aromatic carbocycles. The Morgan fingerprint density at radius 3 is 2.25 bits per heavy atom. The van der Waals surface area contributed by atoms with Crippen molar-refractivity contribution in [1.29, 1.82) is 0 Å². The summed E-state index contributed by atoms with van der Waals surface area (Å²) >= 11 is 0. The first-order chi connectivity index (χ1) is 11.3. The zero-order chi connectivity index (χ0) is 17.5. The van der Waals surface area contributed by atoms with Crippen LogP contribution in [0.25, 0.3) is 11.0 Å². The van der Waals surface area contributed by atoms with Gasteiger partial charge < -0.3 is 8.60 Å². The highest BCUT2D eigenvalue weighted by molar-refractivity contribution is 7.87. The first-order valence-corrected chi connectivity index (χ1v) is 8.74. The number of hydrogen-bond donors (Lipinski definition) is 0. The fraction of sp³-hybridized carbons (Fsp3) is 0.167. The van der Waals surface area contributed by atoms with E-state index in [9.17, 15) is 13.2 Å². The lowest BCUT2D eigenvalue weighted by Crippen LogP contribution is -2.10. The smallest absolute Gasteiger partial charge is 0.339 e. The maximum absolute atomic E-state index is 12.3. The van der Waals surface area contributed by atoms with Crippen molar-refractivity contribution >= 4 is 21.1 Å². The van der Waals surface area contributed by atoms with Crippen LogP contribution in [0.1, 0.15) is 16.7 Å². The summed E-state index contributed by atoms with van der Waals surface area (Å²) in [5, 5.41) is 0.743. The third-order valence-corrected chi connectivity index (χ3v) is 5.21. The topological polar surface area (TPSA) is 73.6 Å². The Kier molecular flexibility index (Phi) is 3.93. The Hall–Kier alpha value is -2.60. The van der Waals surface area contributed by atoms with Gasteiger partial charge in [-0.05, 0) is 50.6 Å². The molecular formula is C18H16O5S. The Balaban J connectivity index is 2.03. The summed E-state index contributed by atoms with van der Waals surface area (Å²) in [5.41, 5.74) is 2.13. The van der Waals surface area contributed by atoms with Crippen molar-refractivity contribution in [2.45, 2.75) is 25.7 Å². The summed E-state index contributed by atoms with van der Waals surface area (Å²) in [6, 6.07) is 11.0. The second-order valence-corrected chi connectivity index (χ2v) is 7.19. The Bertz CT molecular complexity index is 1080. The van der Waals surface area contributed by atoms with Crippen molar-refractivity contribution in [1.82, 2.24) is 0 Å². The molecule has 0 radical (unpaired) electrons. The van der Waals surface area contributed by atoms with Crippen LogP contribution < -0.4 is 9.81 Å². The zero-order valence-corrected chi connectivity index (χ0v) is 14.3. The van der Waals surface area contributed by atoms with Crippen LogP contribution >= 0.6 is 0 Å². The predicted molar refractivity (Wildman–Crippen MR) is 91.0 cm³/mol. The number of fused-ring (bicyclic) bond motifs is 1. The third-order valence-electron chi connectivity index (χ3n) is 3.94. The molecule has 3 rings (SSSR count). The van der Waals surface area contributed by atoms with E-state index in [0.717, 1.165) is 16.5 Å². The minimum absolute atomic E-state index is 0.0646. The van der Waals surface area contributed by atoms with E-state index in [-0.39, 0.29) is 10.6 Å². The van der Waals surface area contributed by atoms with Crippen LogP contribution in [0.3, 0.4) is 0 Å². The van der Waals surface area contributed by atoms with Crippen molar-refractivity contribution in [3.05, 3.63) is 69.6 Å². The fourth-order valence-electron chi connectivity index (χ4n) is 2.36. The van der Waals surface area contributed by atoms with Crippen LogP contribution in [0.2, 0.25) is 0 Å². The van der Waals surface area contributed by atoms with Crippen molar-refractivity contribution in [3.63, 3.8) is 0 Å². The summed E-state index contributed by atoms with van der Waals surface area (Å²) in [6.07, 6.45) is 0. The molecule has 0 N–H and O–H groups in total. The molecule has 1 heterocycles. The van der Waals surface area contributed by atoms with Crippen molar-refractivity contribution in [2.24, 2.45) is 0 Å². The summed E-state index contributed by atoms with van der Waals surface area (Å²) in [5.74, 6) is 0.0921. The molecule has 0 spiro atoms. The largest absolute Gasteiger partial charge is 0.422 e. The molecule has 0 aliphatic rings. The van der Waals surface area contributed by atoms with E-state index in [0.29, 0.717) is 11.1 Å². The number of rotatable bonds is 3. The molecule has 5 nitrogen and oxygen atoms in total. The van der Waals surface area contributed by atoms with Gasteiger partial charge in [0.2, 0.25) is 0 Å². The molecule has 1 aromatic heterocycles. The predicted octanol–water partition coefficient (Wildman–Crippen LogP) is 3.49. The molecule has 0 amide bonds. The molecule has 0 saturated carbocycles. The lowest BCUT2D eigenvalue weighted by atomic mass is 10.1. The van der Waals surface area contributed by atoms with Crippen LogP contribution in [0.4, 0.5) is 0 Å². The second kappa shape index (κ2) is 5.79. The maximum atomic E-state index is 12.3. The van der Waals surface area contributed by atoms with E-state index >= 15 is 0 Å². The average molecular weight is 344 g/mol. The summed E-state index contributed by atoms with van der Waals surface area (Å²) in [4.78, 5) is 11.8. The Morgan fingerprint density at radius 2 is 1.58 bits per heavy atom. The normalized spacial score (nSPS) is 11.6. The maximum Gasteiger partial charge on any atom is 0.339 e. The molecule has 0 aliphatic heterocycles. The zero-order valence-electron chi connectivity index (χ0n) is 13.5. The van der Waals surface area contributed by atoms with Crippen LogP contribution in [0.5, 0.6) is 5.75 Å². The third kappa shape index (κ3) is 2.92. The number of aryl methyl sites for hydroxylation is 2. The second-order valence-electron chi connectivity index (χ2n) is 5.65. The van der Waals surface area contributed by atoms with E-state index in [1.54, 1.807) is 31.2 Å². The number of benzene rings is 2. The van der Waals surface area contributed by atoms with Crippen LogP contribution in [-0.2, 0) is 10.1 Å². The summed E-state index contributed by atoms with van der Waals surface area (Å²) in [6.45, 7) is 5.37. The summed E-state index contributed by atoms with van der Waals surface area (Å²) in [7, 11) is -3.95. The van der Waals surface area contributed by atoms with Gasteiger partial charge in [-0.15, -0.1) is 0 Å². The quantitative estimate of drug-likeness (QED) is 0.537. The minimum atomic E-state index is -3.95. The highest BCUT2D eigenvalue weighted by atomic mass is 32.2. The summed E-state index contributed by atoms with van der Waals surface area (Å²) < 4.78 is 35.0. The molecule has 0 aliphatic carbocycles. The first-order valence-electron chi connectivity index (χ1n) is 7.33. The van der Waals surface area contributed by atoms with Crippen LogP contribution in [0.15, 0.2) is 56.6 Å². The standard InChI is InChI=1S/C18H16O5S/c1-11-4-7-15(8-5-11)24(20,21)23-14-6-9-16-12(2)13(3)18(19)22-17(16)10-14/h4-10H,1-3H3. The Morgan fingerprint density at radius 1 is 0.917 bits per heavy atom. The molecule has 0 atom stereocenters. The molecule has 6 heteroatoms. The van der Waals surface area contributed by atoms with Crippen molar-refractivity contribution in [3.8, 4) is 5.75 Å². The highest BCUT2D eigenvalue weighted by Crippen LogP contribution is 2.26. The van der Waals surface area contributed by atoms with Gasteiger partial charge in [-0.25, -0.2) is 4.79 Å². The Labute approximate surface area is 139 Å². The van der Waals surface area contributed by atoms with E-state index in [4.69, 9.17) is 8.60 Å². The van der Waals surface area contributed by atoms with Gasteiger partial charge in [0.1, 0.15) is 16.2 Å². The van der Waals surface area contributed by atoms with E-state index in [1.807, 2.05) is 13.8 Å². The first kappa shape index (κ1) is 16.3. The molecule has 0 bridgehead atoms. The highest BCUT2D eigenvalue weighted by Gasteiger charge is 2.17. The van der Waals surface area contributed by atoms with Gasteiger partial charge in [0.15, 0.2) is 0 Å². The van der Waals surface area contributed by atoms with E-state index < -0.39 is 15.7 Å². The molecule has 3 aromatic rings. The van der Waals surface area contributed by atoms with Gasteiger partial charge in [0, 0.05) is 17.0 Å². The van der Waals surface area contributed by atoms with Crippen LogP contribution in [0, 0.1) is 20.8 Å². The number of hydrogen-bond acceptors (Lipinski definition) is 5. The van der Waals surface area contributed by atoms with E-state index in [2.05, 4.69) is 0 Å². The average Bonchev–Trinajstić information content (AvgIpc) is 2.52. The molecular weight excluding hydrogens is 328 g/mol. The molecule has 0 saturated heterocycles. The van der Waals surface area contributed by atoms with Gasteiger partial charge in [-0.3, -0.25) is 0 Å². The lowest BCUT2D eigenvalue weighted by Gasteiger charge is -2.09. The molecule has 0 unspecified atom stereocenters. The molecule has 24 heavy (non-hydrogen) atoms. The van der Waals surface area contributed by atoms with Gasteiger partial charge in [0.25, 0.3) is 0 Å². The van der Waals surface area contributed by atoms with Gasteiger partial charge >= 0.3 is 15.7 Å². The van der Waals surface area contributed by atoms with Gasteiger partial charge in [-0.2, -0.15) is 8.42 Å². The van der Waals surface area contributed by atoms with Gasteiger partial charge in [-0.1, -0.05) is 17.7 Å². The van der Waals surface area contributed by atoms with Crippen molar-refractivity contribution < 1.29 is 17.0 Å². The lowest BCUT2D eigenvalue weighted by molar-refractivity contribution is 0.485. The van der Waals surface area contributed by atoms with Crippen molar-refractivity contribution in [2.75, 3.05) is 0 Å². The van der Waals surface area contributed by atoms with Gasteiger partial charge in [0.05, 0.1) is 0 Å². The molecule has 0 fully saturated rings. The molecule has 124 valence electrons. The minimum Gasteiger partial charge on any atom is -0.422 e. The fourth-order valence-corrected chi connectivity index (χ4v) is 3.28.